The minimum absolute atomic E-state index is 0.146. The summed E-state index contributed by atoms with van der Waals surface area (Å²) in [5.41, 5.74) is 4.96. The molecule has 6 heteroatoms. The van der Waals surface area contributed by atoms with Crippen molar-refractivity contribution in [2.45, 2.75) is 60.1 Å². The van der Waals surface area contributed by atoms with E-state index in [1.807, 2.05) is 34.6 Å². The largest absolute Gasteiger partial charge is 0.469 e. The molecule has 0 atom stereocenters. The number of methoxy groups -OCH3 is 1. The molecule has 0 unspecified atom stereocenters. The molecular weight excluding hydrogens is 433 g/mol. The van der Waals surface area contributed by atoms with E-state index < -0.39 is 5.60 Å². The lowest BCUT2D eigenvalue weighted by Crippen LogP contribution is -2.31. The number of ether oxygens (including phenoxy) is 2. The molecule has 0 aliphatic rings. The van der Waals surface area contributed by atoms with Crippen LogP contribution in [0.2, 0.25) is 0 Å². The average molecular weight is 461 g/mol. The molecule has 0 aliphatic heterocycles. The maximum absolute atomic E-state index is 11.8. The summed E-state index contributed by atoms with van der Waals surface area (Å²) >= 11 is 2.31. The molecule has 1 rings (SSSR count). The fourth-order valence-corrected chi connectivity index (χ4v) is 3.36. The van der Waals surface area contributed by atoms with Gasteiger partial charge in [0.1, 0.15) is 5.60 Å². The highest BCUT2D eigenvalue weighted by Crippen LogP contribution is 2.29. The predicted molar refractivity (Wildman–Crippen MR) is 107 cm³/mol. The van der Waals surface area contributed by atoms with Gasteiger partial charge in [0.2, 0.25) is 0 Å². The second-order valence-corrected chi connectivity index (χ2v) is 8.17. The molecule has 0 aliphatic carbocycles. The normalized spacial score (nSPS) is 11.4. The van der Waals surface area contributed by atoms with Crippen molar-refractivity contribution in [2.75, 3.05) is 13.7 Å². The predicted octanol–water partition coefficient (Wildman–Crippen LogP) is 3.36. The van der Waals surface area contributed by atoms with Gasteiger partial charge in [-0.05, 0) is 92.0 Å². The summed E-state index contributed by atoms with van der Waals surface area (Å²) in [6.45, 7) is 12.3. The number of esters is 2. The zero-order valence-electron chi connectivity index (χ0n) is 16.1. The first kappa shape index (κ1) is 21.9. The molecule has 0 radical (unpaired) electrons. The first-order chi connectivity index (χ1) is 11.5. The van der Waals surface area contributed by atoms with E-state index in [1.54, 1.807) is 0 Å². The molecule has 1 aromatic rings. The summed E-state index contributed by atoms with van der Waals surface area (Å²) < 4.78 is 11.3. The number of hydrogen-bond acceptors (Lipinski definition) is 5. The number of carbonyl (C=O) groups is 2. The molecule has 1 N–H and O–H groups in total. The van der Waals surface area contributed by atoms with Gasteiger partial charge in [0.15, 0.2) is 0 Å². The van der Waals surface area contributed by atoms with Crippen molar-refractivity contribution in [1.29, 1.82) is 0 Å². The number of nitrogens with one attached hydrogen (secondary N) is 1. The number of benzene rings is 1. The molecule has 0 saturated carbocycles. The third kappa shape index (κ3) is 6.26. The van der Waals surface area contributed by atoms with Gasteiger partial charge in [-0.2, -0.15) is 0 Å². The lowest BCUT2D eigenvalue weighted by Gasteiger charge is -2.21. The van der Waals surface area contributed by atoms with E-state index >= 15 is 0 Å². The van der Waals surface area contributed by atoms with E-state index in [9.17, 15) is 9.59 Å². The summed E-state index contributed by atoms with van der Waals surface area (Å²) in [6, 6.07) is 0. The Hall–Kier alpha value is -1.15. The van der Waals surface area contributed by atoms with E-state index in [2.05, 4.69) is 34.8 Å². The molecule has 5 nitrogen and oxygen atoms in total. The third-order valence-corrected chi connectivity index (χ3v) is 5.63. The van der Waals surface area contributed by atoms with Crippen LogP contribution >= 0.6 is 22.6 Å². The molecule has 25 heavy (non-hydrogen) atoms. The van der Waals surface area contributed by atoms with Gasteiger partial charge < -0.3 is 14.8 Å². The lowest BCUT2D eigenvalue weighted by molar-refractivity contribution is -0.153. The first-order valence-corrected chi connectivity index (χ1v) is 9.32. The van der Waals surface area contributed by atoms with Crippen LogP contribution in [-0.4, -0.2) is 31.2 Å². The van der Waals surface area contributed by atoms with Crippen LogP contribution in [0.5, 0.6) is 0 Å². The molecular formula is C19H28INO4. The molecule has 0 saturated heterocycles. The van der Waals surface area contributed by atoms with E-state index in [-0.39, 0.29) is 24.9 Å². The van der Waals surface area contributed by atoms with Crippen LogP contribution in [0.15, 0.2) is 0 Å². The van der Waals surface area contributed by atoms with Crippen molar-refractivity contribution in [3.8, 4) is 0 Å². The fourth-order valence-electron chi connectivity index (χ4n) is 2.70. The molecule has 140 valence electrons. The topological polar surface area (TPSA) is 64.6 Å². The Kier molecular flexibility index (Phi) is 7.87. The number of halogens is 1. The van der Waals surface area contributed by atoms with Crippen LogP contribution in [0.4, 0.5) is 0 Å². The Morgan fingerprint density at radius 2 is 1.56 bits per heavy atom. The summed E-state index contributed by atoms with van der Waals surface area (Å²) in [6.07, 6.45) is 0.253. The Morgan fingerprint density at radius 1 is 1.00 bits per heavy atom. The second-order valence-electron chi connectivity index (χ2n) is 7.09. The maximum Gasteiger partial charge on any atom is 0.320 e. The smallest absolute Gasteiger partial charge is 0.320 e. The van der Waals surface area contributed by atoms with Crippen LogP contribution in [0.1, 0.15) is 48.6 Å². The van der Waals surface area contributed by atoms with Gasteiger partial charge in [-0.15, -0.1) is 0 Å². The van der Waals surface area contributed by atoms with E-state index in [0.29, 0.717) is 6.54 Å². The van der Waals surface area contributed by atoms with Gasteiger partial charge in [0, 0.05) is 10.1 Å². The van der Waals surface area contributed by atoms with Gasteiger partial charge in [0.25, 0.3) is 0 Å². The molecule has 1 aromatic carbocycles. The monoisotopic (exact) mass is 461 g/mol. The minimum atomic E-state index is -0.489. The van der Waals surface area contributed by atoms with Gasteiger partial charge in [-0.3, -0.25) is 9.59 Å². The number of rotatable bonds is 6. The zero-order valence-corrected chi connectivity index (χ0v) is 18.3. The Morgan fingerprint density at radius 3 is 2.08 bits per heavy atom. The minimum Gasteiger partial charge on any atom is -0.469 e. The van der Waals surface area contributed by atoms with Crippen molar-refractivity contribution in [1.82, 2.24) is 5.32 Å². The number of carbonyl (C=O) groups excluding carboxylic acids is 2. The van der Waals surface area contributed by atoms with Crippen LogP contribution in [0.3, 0.4) is 0 Å². The van der Waals surface area contributed by atoms with Crippen molar-refractivity contribution >= 4 is 34.5 Å². The van der Waals surface area contributed by atoms with Gasteiger partial charge in [0.05, 0.1) is 20.1 Å². The molecule has 0 aromatic heterocycles. The molecule has 0 fully saturated rings. The van der Waals surface area contributed by atoms with Crippen molar-refractivity contribution in [3.05, 3.63) is 31.4 Å². The average Bonchev–Trinajstić information content (AvgIpc) is 2.50. The molecule has 0 heterocycles. The first-order valence-electron chi connectivity index (χ1n) is 8.24. The lowest BCUT2D eigenvalue weighted by atomic mass is 9.91. The van der Waals surface area contributed by atoms with Crippen LogP contribution in [0.25, 0.3) is 0 Å². The van der Waals surface area contributed by atoms with E-state index in [4.69, 9.17) is 9.47 Å². The highest BCUT2D eigenvalue weighted by molar-refractivity contribution is 14.1. The Labute approximate surface area is 164 Å². The molecule has 0 spiro atoms. The van der Waals surface area contributed by atoms with Crippen molar-refractivity contribution in [3.63, 3.8) is 0 Å². The quantitative estimate of drug-likeness (QED) is 0.520. The van der Waals surface area contributed by atoms with E-state index in [0.717, 1.165) is 25.8 Å². The van der Waals surface area contributed by atoms with Gasteiger partial charge >= 0.3 is 11.9 Å². The van der Waals surface area contributed by atoms with E-state index in [1.165, 1.54) is 12.7 Å². The third-order valence-electron chi connectivity index (χ3n) is 4.01. The Bertz CT molecular complexity index is 663. The summed E-state index contributed by atoms with van der Waals surface area (Å²) in [7, 11) is 1.40. The SMILES string of the molecule is COC(=O)Cc1c(C)c(I)c(C)c(CNCC(=O)OC(C)(C)C)c1C. The van der Waals surface area contributed by atoms with Crippen LogP contribution in [-0.2, 0) is 32.0 Å². The highest BCUT2D eigenvalue weighted by atomic mass is 127. The maximum atomic E-state index is 11.8. The molecule has 0 amide bonds. The second kappa shape index (κ2) is 8.98. The van der Waals surface area contributed by atoms with Crippen molar-refractivity contribution < 1.29 is 19.1 Å². The van der Waals surface area contributed by atoms with Crippen LogP contribution < -0.4 is 5.32 Å². The van der Waals surface area contributed by atoms with Crippen molar-refractivity contribution in [2.24, 2.45) is 0 Å². The highest BCUT2D eigenvalue weighted by Gasteiger charge is 2.19. The number of hydrogen-bond donors (Lipinski definition) is 1. The summed E-state index contributed by atoms with van der Waals surface area (Å²) in [4.78, 5) is 23.6. The molecule has 0 bridgehead atoms. The fraction of sp³-hybridized carbons (Fsp3) is 0.579. The summed E-state index contributed by atoms with van der Waals surface area (Å²) in [5, 5.41) is 3.15. The Balaban J connectivity index is 2.96. The standard InChI is InChI=1S/C19H28INO4/c1-11-14(8-16(22)24-7)12(2)18(20)13(3)15(11)9-21-10-17(23)25-19(4,5)6/h21H,8-10H2,1-7H3. The zero-order chi connectivity index (χ0) is 19.4. The summed E-state index contributed by atoms with van der Waals surface area (Å²) in [5.74, 6) is -0.530. The van der Waals surface area contributed by atoms with Gasteiger partial charge in [-0.25, -0.2) is 0 Å². The van der Waals surface area contributed by atoms with Crippen LogP contribution in [0, 0.1) is 24.3 Å². The van der Waals surface area contributed by atoms with Gasteiger partial charge in [-0.1, -0.05) is 0 Å².